The number of ether oxygens (including phenoxy) is 1. The van der Waals surface area contributed by atoms with Crippen LogP contribution in [-0.4, -0.2) is 81.2 Å². The second-order valence-electron chi connectivity index (χ2n) is 8.30. The molecule has 1 aromatic rings. The zero-order valence-electron chi connectivity index (χ0n) is 19.5. The van der Waals surface area contributed by atoms with Gasteiger partial charge in [0.15, 0.2) is 5.96 Å². The molecule has 8 heteroatoms. The van der Waals surface area contributed by atoms with Gasteiger partial charge in [-0.3, -0.25) is 14.7 Å². The largest absolute Gasteiger partial charge is 0.379 e. The third-order valence-electron chi connectivity index (χ3n) is 5.35. The first-order chi connectivity index (χ1) is 14.5. The van der Waals surface area contributed by atoms with Crippen molar-refractivity contribution >= 4 is 35.8 Å². The minimum Gasteiger partial charge on any atom is -0.379 e. The van der Waals surface area contributed by atoms with Crippen LogP contribution < -0.4 is 10.6 Å². The summed E-state index contributed by atoms with van der Waals surface area (Å²) in [5.41, 5.74) is 1.14. The minimum absolute atomic E-state index is 0. The fourth-order valence-corrected chi connectivity index (χ4v) is 3.71. The highest BCUT2D eigenvalue weighted by Gasteiger charge is 2.22. The molecule has 1 aromatic carbocycles. The summed E-state index contributed by atoms with van der Waals surface area (Å²) in [5.74, 6) is 1.50. The number of nitrogens with zero attached hydrogens (tertiary/aromatic N) is 3. The second-order valence-corrected chi connectivity index (χ2v) is 8.30. The highest BCUT2D eigenvalue weighted by molar-refractivity contribution is 14.0. The molecule has 0 aromatic heterocycles. The fraction of sp³-hybridized carbons (Fsp3) is 0.652. The van der Waals surface area contributed by atoms with Crippen molar-refractivity contribution in [3.8, 4) is 0 Å². The number of halogens is 1. The number of carbonyl (C=O) groups is 1. The maximum Gasteiger partial charge on any atom is 0.224 e. The molecule has 1 aliphatic rings. The first kappa shape index (κ1) is 27.6. The normalized spacial score (nSPS) is 15.8. The molecule has 1 saturated heterocycles. The molecule has 1 unspecified atom stereocenters. The predicted molar refractivity (Wildman–Crippen MR) is 138 cm³/mol. The van der Waals surface area contributed by atoms with E-state index in [0.29, 0.717) is 31.5 Å². The lowest BCUT2D eigenvalue weighted by Gasteiger charge is -2.35. The van der Waals surface area contributed by atoms with Crippen molar-refractivity contribution in [3.63, 3.8) is 0 Å². The topological polar surface area (TPSA) is 69.2 Å². The highest BCUT2D eigenvalue weighted by atomic mass is 127. The smallest absolute Gasteiger partial charge is 0.224 e. The number of hydrogen-bond acceptors (Lipinski definition) is 4. The third-order valence-corrected chi connectivity index (χ3v) is 5.35. The monoisotopic (exact) mass is 545 g/mol. The van der Waals surface area contributed by atoms with Crippen LogP contribution in [0.5, 0.6) is 0 Å². The van der Waals surface area contributed by atoms with Gasteiger partial charge in [0.25, 0.3) is 0 Å². The van der Waals surface area contributed by atoms with Gasteiger partial charge in [0.1, 0.15) is 0 Å². The maximum atomic E-state index is 12.4. The Labute approximate surface area is 205 Å². The van der Waals surface area contributed by atoms with E-state index in [4.69, 9.17) is 4.74 Å². The highest BCUT2D eigenvalue weighted by Crippen LogP contribution is 2.13. The van der Waals surface area contributed by atoms with E-state index in [1.165, 1.54) is 0 Å². The van der Waals surface area contributed by atoms with E-state index in [-0.39, 0.29) is 29.9 Å². The number of benzene rings is 1. The standard InChI is InChI=1S/C23H39N5O2.HI/c1-19(2)16-21(28-12-14-30-15-13-28)17-26-23(24-3)25-11-10-22(29)27(4)18-20-8-6-5-7-9-20;/h5-9,19,21H,10-18H2,1-4H3,(H2,24,25,26);1H. The predicted octanol–water partition coefficient (Wildman–Crippen LogP) is 2.56. The van der Waals surface area contributed by atoms with Crippen molar-refractivity contribution in [1.29, 1.82) is 0 Å². The number of rotatable bonds is 10. The van der Waals surface area contributed by atoms with Crippen molar-refractivity contribution in [2.75, 3.05) is 53.5 Å². The van der Waals surface area contributed by atoms with Crippen LogP contribution in [0.25, 0.3) is 0 Å². The van der Waals surface area contributed by atoms with Crippen molar-refractivity contribution < 1.29 is 9.53 Å². The molecule has 2 rings (SSSR count). The van der Waals surface area contributed by atoms with Gasteiger partial charge in [-0.1, -0.05) is 44.2 Å². The van der Waals surface area contributed by atoms with Crippen molar-refractivity contribution in [2.45, 2.75) is 39.3 Å². The quantitative estimate of drug-likeness (QED) is 0.269. The molecule has 0 aliphatic carbocycles. The SMILES string of the molecule is CN=C(NCCC(=O)N(C)Cc1ccccc1)NCC(CC(C)C)N1CCOCC1.I. The summed E-state index contributed by atoms with van der Waals surface area (Å²) in [7, 11) is 3.62. The fourth-order valence-electron chi connectivity index (χ4n) is 3.71. The Balaban J connectivity index is 0.00000480. The molecule has 1 atom stereocenters. The van der Waals surface area contributed by atoms with Crippen LogP contribution in [-0.2, 0) is 16.1 Å². The molecule has 31 heavy (non-hydrogen) atoms. The van der Waals surface area contributed by atoms with E-state index < -0.39 is 0 Å². The van der Waals surface area contributed by atoms with Crippen LogP contribution in [0.2, 0.25) is 0 Å². The van der Waals surface area contributed by atoms with E-state index in [9.17, 15) is 4.79 Å². The van der Waals surface area contributed by atoms with Gasteiger partial charge in [-0.25, -0.2) is 0 Å². The molecule has 0 spiro atoms. The van der Waals surface area contributed by atoms with Gasteiger partial charge in [-0.05, 0) is 17.9 Å². The van der Waals surface area contributed by atoms with Crippen molar-refractivity contribution in [3.05, 3.63) is 35.9 Å². The number of aliphatic imine (C=N–C) groups is 1. The summed E-state index contributed by atoms with van der Waals surface area (Å²) >= 11 is 0. The number of hydrogen-bond donors (Lipinski definition) is 2. The van der Waals surface area contributed by atoms with Gasteiger partial charge in [-0.15, -0.1) is 24.0 Å². The van der Waals surface area contributed by atoms with Crippen LogP contribution in [0.15, 0.2) is 35.3 Å². The van der Waals surface area contributed by atoms with E-state index in [2.05, 4.69) is 34.4 Å². The summed E-state index contributed by atoms with van der Waals surface area (Å²) in [6.45, 7) is 10.1. The zero-order valence-corrected chi connectivity index (χ0v) is 21.8. The Morgan fingerprint density at radius 3 is 2.48 bits per heavy atom. The Bertz CT molecular complexity index is 651. The maximum absolute atomic E-state index is 12.4. The molecular weight excluding hydrogens is 505 g/mol. The number of carbonyl (C=O) groups excluding carboxylic acids is 1. The number of morpholine rings is 1. The summed E-state index contributed by atoms with van der Waals surface area (Å²) in [6.07, 6.45) is 1.57. The first-order valence-corrected chi connectivity index (χ1v) is 11.0. The Kier molecular flexibility index (Phi) is 13.7. The van der Waals surface area contributed by atoms with Gasteiger partial charge in [0.2, 0.25) is 5.91 Å². The lowest BCUT2D eigenvalue weighted by molar-refractivity contribution is -0.130. The summed E-state index contributed by atoms with van der Waals surface area (Å²) in [6, 6.07) is 10.5. The molecule has 0 bridgehead atoms. The first-order valence-electron chi connectivity index (χ1n) is 11.0. The van der Waals surface area contributed by atoms with Crippen LogP contribution in [0.3, 0.4) is 0 Å². The van der Waals surface area contributed by atoms with Crippen molar-refractivity contribution in [1.82, 2.24) is 20.4 Å². The lowest BCUT2D eigenvalue weighted by Crippen LogP contribution is -2.51. The molecule has 176 valence electrons. The molecule has 2 N–H and O–H groups in total. The number of nitrogens with one attached hydrogen (secondary N) is 2. The summed E-state index contributed by atoms with van der Waals surface area (Å²) < 4.78 is 5.50. The van der Waals surface area contributed by atoms with Crippen LogP contribution in [0, 0.1) is 5.92 Å². The van der Waals surface area contributed by atoms with Gasteiger partial charge in [-0.2, -0.15) is 0 Å². The van der Waals surface area contributed by atoms with E-state index >= 15 is 0 Å². The number of guanidine groups is 1. The second kappa shape index (κ2) is 15.4. The van der Waals surface area contributed by atoms with E-state index in [1.807, 2.05) is 37.4 Å². The summed E-state index contributed by atoms with van der Waals surface area (Å²) in [4.78, 5) is 21.0. The minimum atomic E-state index is 0. The molecular formula is C23H40IN5O2. The van der Waals surface area contributed by atoms with E-state index in [1.54, 1.807) is 11.9 Å². The molecule has 0 radical (unpaired) electrons. The Morgan fingerprint density at radius 1 is 1.19 bits per heavy atom. The molecule has 1 amide bonds. The Hall–Kier alpha value is -1.39. The number of amides is 1. The summed E-state index contributed by atoms with van der Waals surface area (Å²) in [5, 5.41) is 6.73. The molecule has 0 saturated carbocycles. The van der Waals surface area contributed by atoms with Gasteiger partial charge in [0.05, 0.1) is 13.2 Å². The van der Waals surface area contributed by atoms with Gasteiger partial charge in [0, 0.05) is 59.3 Å². The van der Waals surface area contributed by atoms with Gasteiger partial charge >= 0.3 is 0 Å². The van der Waals surface area contributed by atoms with Crippen LogP contribution in [0.1, 0.15) is 32.3 Å². The zero-order chi connectivity index (χ0) is 21.8. The van der Waals surface area contributed by atoms with E-state index in [0.717, 1.165) is 50.8 Å². The third kappa shape index (κ3) is 10.7. The van der Waals surface area contributed by atoms with Crippen LogP contribution in [0.4, 0.5) is 0 Å². The molecule has 1 heterocycles. The molecule has 1 fully saturated rings. The Morgan fingerprint density at radius 2 is 1.87 bits per heavy atom. The average molecular weight is 546 g/mol. The van der Waals surface area contributed by atoms with Crippen LogP contribution >= 0.6 is 24.0 Å². The molecule has 7 nitrogen and oxygen atoms in total. The van der Waals surface area contributed by atoms with Gasteiger partial charge < -0.3 is 20.3 Å². The lowest BCUT2D eigenvalue weighted by atomic mass is 10.0. The average Bonchev–Trinajstić information content (AvgIpc) is 2.76. The van der Waals surface area contributed by atoms with Crippen molar-refractivity contribution in [2.24, 2.45) is 10.9 Å². The molecule has 1 aliphatic heterocycles.